The van der Waals surface area contributed by atoms with Gasteiger partial charge in [-0.15, -0.1) is 0 Å². The molecular weight excluding hydrogens is 218 g/mol. The number of rotatable bonds is 9. The lowest BCUT2D eigenvalue weighted by Gasteiger charge is -2.06. The first-order chi connectivity index (χ1) is 8.36. The lowest BCUT2D eigenvalue weighted by Crippen LogP contribution is -2.20. The third kappa shape index (κ3) is 6.26. The molecule has 17 heavy (non-hydrogen) atoms. The first-order valence-electron chi connectivity index (χ1n) is 5.77. The van der Waals surface area contributed by atoms with Crippen LogP contribution < -0.4 is 10.1 Å². The van der Waals surface area contributed by atoms with Gasteiger partial charge in [0.25, 0.3) is 0 Å². The van der Waals surface area contributed by atoms with Crippen molar-refractivity contribution in [3.05, 3.63) is 29.8 Å². The molecular formula is C13H21NO3. The van der Waals surface area contributed by atoms with Gasteiger partial charge in [-0.2, -0.15) is 0 Å². The van der Waals surface area contributed by atoms with Crippen LogP contribution in [0.25, 0.3) is 0 Å². The lowest BCUT2D eigenvalue weighted by molar-refractivity contribution is 0.0719. The third-order valence-corrected chi connectivity index (χ3v) is 2.34. The van der Waals surface area contributed by atoms with Gasteiger partial charge in [-0.05, 0) is 17.7 Å². The van der Waals surface area contributed by atoms with E-state index in [1.807, 2.05) is 12.1 Å². The monoisotopic (exact) mass is 239 g/mol. The van der Waals surface area contributed by atoms with Crippen molar-refractivity contribution in [3.8, 4) is 5.75 Å². The highest BCUT2D eigenvalue weighted by Crippen LogP contribution is 2.10. The summed E-state index contributed by atoms with van der Waals surface area (Å²) in [4.78, 5) is 0. The highest BCUT2D eigenvalue weighted by molar-refractivity contribution is 5.26. The summed E-state index contributed by atoms with van der Waals surface area (Å²) in [5.74, 6) is 0.886. The van der Waals surface area contributed by atoms with E-state index < -0.39 is 0 Å². The maximum absolute atomic E-state index is 5.34. The Morgan fingerprint density at radius 3 is 2.41 bits per heavy atom. The van der Waals surface area contributed by atoms with E-state index in [1.54, 1.807) is 14.2 Å². The number of nitrogens with one attached hydrogen (secondary N) is 1. The number of hydrogen-bond acceptors (Lipinski definition) is 4. The van der Waals surface area contributed by atoms with Crippen LogP contribution in [0.5, 0.6) is 5.75 Å². The van der Waals surface area contributed by atoms with Crippen LogP contribution >= 0.6 is 0 Å². The minimum absolute atomic E-state index is 0.651. The molecule has 96 valence electrons. The summed E-state index contributed by atoms with van der Waals surface area (Å²) in [7, 11) is 3.34. The third-order valence-electron chi connectivity index (χ3n) is 2.34. The molecule has 0 heterocycles. The van der Waals surface area contributed by atoms with Crippen LogP contribution in [-0.4, -0.2) is 40.6 Å². The summed E-state index contributed by atoms with van der Waals surface area (Å²) in [6, 6.07) is 8.04. The van der Waals surface area contributed by atoms with Crippen molar-refractivity contribution < 1.29 is 14.2 Å². The normalized spacial score (nSPS) is 10.5. The quantitative estimate of drug-likeness (QED) is 0.662. The van der Waals surface area contributed by atoms with Gasteiger partial charge < -0.3 is 19.5 Å². The molecule has 0 unspecified atom stereocenters. The van der Waals surface area contributed by atoms with E-state index in [9.17, 15) is 0 Å². The molecule has 4 heteroatoms. The van der Waals surface area contributed by atoms with Gasteiger partial charge in [0.05, 0.1) is 26.9 Å². The van der Waals surface area contributed by atoms with Crippen molar-refractivity contribution >= 4 is 0 Å². The van der Waals surface area contributed by atoms with Crippen molar-refractivity contribution in [3.63, 3.8) is 0 Å². The molecule has 0 spiro atoms. The SMILES string of the molecule is COCCOCCNCc1ccc(OC)cc1. The van der Waals surface area contributed by atoms with E-state index in [1.165, 1.54) is 5.56 Å². The molecule has 0 aliphatic carbocycles. The fraction of sp³-hybridized carbons (Fsp3) is 0.538. The van der Waals surface area contributed by atoms with Gasteiger partial charge in [0.1, 0.15) is 5.75 Å². The van der Waals surface area contributed by atoms with Crippen molar-refractivity contribution in [2.75, 3.05) is 40.6 Å². The van der Waals surface area contributed by atoms with Crippen LogP contribution in [0.1, 0.15) is 5.56 Å². The Morgan fingerprint density at radius 1 is 1.00 bits per heavy atom. The minimum atomic E-state index is 0.651. The summed E-state index contributed by atoms with van der Waals surface area (Å²) in [6.07, 6.45) is 0. The van der Waals surface area contributed by atoms with Gasteiger partial charge in [0.15, 0.2) is 0 Å². The second kappa shape index (κ2) is 8.98. The number of benzene rings is 1. The fourth-order valence-electron chi connectivity index (χ4n) is 1.36. The summed E-state index contributed by atoms with van der Waals surface area (Å²) < 4.78 is 15.3. The zero-order valence-corrected chi connectivity index (χ0v) is 10.6. The highest BCUT2D eigenvalue weighted by Gasteiger charge is 1.94. The largest absolute Gasteiger partial charge is 0.497 e. The zero-order valence-electron chi connectivity index (χ0n) is 10.6. The molecule has 0 saturated carbocycles. The van der Waals surface area contributed by atoms with Gasteiger partial charge in [0.2, 0.25) is 0 Å². The Hall–Kier alpha value is -1.10. The van der Waals surface area contributed by atoms with Gasteiger partial charge in [-0.1, -0.05) is 12.1 Å². The van der Waals surface area contributed by atoms with E-state index in [-0.39, 0.29) is 0 Å². The second-order valence-corrected chi connectivity index (χ2v) is 3.63. The smallest absolute Gasteiger partial charge is 0.118 e. The number of methoxy groups -OCH3 is 2. The van der Waals surface area contributed by atoms with Crippen molar-refractivity contribution in [1.29, 1.82) is 0 Å². The Morgan fingerprint density at radius 2 is 1.76 bits per heavy atom. The zero-order chi connectivity index (χ0) is 12.3. The molecule has 0 radical (unpaired) electrons. The molecule has 4 nitrogen and oxygen atoms in total. The van der Waals surface area contributed by atoms with Gasteiger partial charge >= 0.3 is 0 Å². The average Bonchev–Trinajstić information content (AvgIpc) is 2.38. The van der Waals surface area contributed by atoms with Crippen LogP contribution in [-0.2, 0) is 16.0 Å². The van der Waals surface area contributed by atoms with Crippen molar-refractivity contribution in [1.82, 2.24) is 5.32 Å². The van der Waals surface area contributed by atoms with Crippen LogP contribution in [0.2, 0.25) is 0 Å². The van der Waals surface area contributed by atoms with E-state index in [0.717, 1.165) is 18.8 Å². The van der Waals surface area contributed by atoms with E-state index in [0.29, 0.717) is 19.8 Å². The molecule has 0 saturated heterocycles. The molecule has 1 rings (SSSR count). The maximum Gasteiger partial charge on any atom is 0.118 e. The Bertz CT molecular complexity index is 287. The van der Waals surface area contributed by atoms with Crippen molar-refractivity contribution in [2.45, 2.75) is 6.54 Å². The molecule has 0 aromatic heterocycles. The Kier molecular flexibility index (Phi) is 7.38. The molecule has 0 aliphatic heterocycles. The molecule has 1 aromatic rings. The molecule has 0 amide bonds. The summed E-state index contributed by atoms with van der Waals surface area (Å²) >= 11 is 0. The van der Waals surface area contributed by atoms with Crippen LogP contribution in [0.4, 0.5) is 0 Å². The second-order valence-electron chi connectivity index (χ2n) is 3.63. The Balaban J connectivity index is 2.05. The molecule has 1 aromatic carbocycles. The highest BCUT2D eigenvalue weighted by atomic mass is 16.5. The first kappa shape index (κ1) is 14.0. The number of ether oxygens (including phenoxy) is 3. The van der Waals surface area contributed by atoms with Crippen molar-refractivity contribution in [2.24, 2.45) is 0 Å². The Labute approximate surface area is 103 Å². The van der Waals surface area contributed by atoms with Crippen LogP contribution in [0.3, 0.4) is 0 Å². The van der Waals surface area contributed by atoms with Crippen LogP contribution in [0, 0.1) is 0 Å². The summed E-state index contributed by atoms with van der Waals surface area (Å²) in [5, 5.41) is 3.31. The van der Waals surface area contributed by atoms with E-state index in [4.69, 9.17) is 14.2 Å². The summed E-state index contributed by atoms with van der Waals surface area (Å²) in [6.45, 7) is 3.70. The topological polar surface area (TPSA) is 39.7 Å². The van der Waals surface area contributed by atoms with Gasteiger partial charge in [0, 0.05) is 20.2 Å². The predicted octanol–water partition coefficient (Wildman–Crippen LogP) is 1.45. The first-order valence-corrected chi connectivity index (χ1v) is 5.77. The molecule has 0 aliphatic rings. The standard InChI is InChI=1S/C13H21NO3/c1-15-9-10-17-8-7-14-11-12-3-5-13(16-2)6-4-12/h3-6,14H,7-11H2,1-2H3. The molecule has 0 bridgehead atoms. The molecule has 1 N–H and O–H groups in total. The van der Waals surface area contributed by atoms with E-state index in [2.05, 4.69) is 17.4 Å². The van der Waals surface area contributed by atoms with E-state index >= 15 is 0 Å². The molecule has 0 atom stereocenters. The average molecular weight is 239 g/mol. The van der Waals surface area contributed by atoms with Gasteiger partial charge in [-0.25, -0.2) is 0 Å². The molecule has 0 fully saturated rings. The maximum atomic E-state index is 5.34. The summed E-state index contributed by atoms with van der Waals surface area (Å²) in [5.41, 5.74) is 1.24. The minimum Gasteiger partial charge on any atom is -0.497 e. The number of hydrogen-bond donors (Lipinski definition) is 1. The fourth-order valence-corrected chi connectivity index (χ4v) is 1.36. The predicted molar refractivity (Wildman–Crippen MR) is 67.4 cm³/mol. The lowest BCUT2D eigenvalue weighted by atomic mass is 10.2. The van der Waals surface area contributed by atoms with Gasteiger partial charge in [-0.3, -0.25) is 0 Å². The van der Waals surface area contributed by atoms with Crippen LogP contribution in [0.15, 0.2) is 24.3 Å².